The van der Waals surface area contributed by atoms with Crippen LogP contribution >= 0.6 is 0 Å². The summed E-state index contributed by atoms with van der Waals surface area (Å²) in [4.78, 5) is 0. The monoisotopic (exact) mass is 233 g/mol. The molecule has 96 valence electrons. The molecule has 1 atom stereocenters. The smallest absolute Gasteiger partial charge is 0.0135 e. The lowest BCUT2D eigenvalue weighted by Gasteiger charge is -2.56. The van der Waals surface area contributed by atoms with Crippen LogP contribution in [0.25, 0.3) is 0 Å². The van der Waals surface area contributed by atoms with Gasteiger partial charge in [-0.15, -0.1) is 6.58 Å². The average molecular weight is 233 g/mol. The topological polar surface area (TPSA) is 12.0 Å². The maximum Gasteiger partial charge on any atom is 0.0135 e. The van der Waals surface area contributed by atoms with Crippen LogP contribution in [0.15, 0.2) is 12.7 Å². The molecule has 0 saturated heterocycles. The van der Waals surface area contributed by atoms with Crippen molar-refractivity contribution in [1.29, 1.82) is 0 Å². The quantitative estimate of drug-likeness (QED) is 0.715. The number of hydrogen-bond donors (Lipinski definition) is 1. The maximum atomic E-state index is 3.96. The van der Waals surface area contributed by atoms with Crippen molar-refractivity contribution >= 4 is 0 Å². The summed E-state index contributed by atoms with van der Waals surface area (Å²) in [6.45, 7) is 7.31. The first-order valence-electron chi connectivity index (χ1n) is 7.66. The molecule has 1 nitrogen and oxygen atoms in total. The van der Waals surface area contributed by atoms with Crippen molar-refractivity contribution in [3.63, 3.8) is 0 Å². The van der Waals surface area contributed by atoms with E-state index in [2.05, 4.69) is 24.9 Å². The summed E-state index contributed by atoms with van der Waals surface area (Å²) >= 11 is 0. The SMILES string of the molecule is C=CCC(NCC)C1C2CC3CC(C2)CC1C3. The molecule has 0 radical (unpaired) electrons. The molecule has 1 unspecified atom stereocenters. The van der Waals surface area contributed by atoms with Gasteiger partial charge in [-0.25, -0.2) is 0 Å². The molecule has 1 N–H and O–H groups in total. The van der Waals surface area contributed by atoms with E-state index in [1.54, 1.807) is 6.42 Å². The van der Waals surface area contributed by atoms with Gasteiger partial charge in [0.15, 0.2) is 0 Å². The molecule has 4 aliphatic carbocycles. The molecule has 4 bridgehead atoms. The first-order valence-corrected chi connectivity index (χ1v) is 7.66. The molecule has 0 aromatic rings. The number of rotatable bonds is 5. The molecule has 0 heterocycles. The first-order chi connectivity index (χ1) is 8.31. The van der Waals surface area contributed by atoms with Gasteiger partial charge in [-0.1, -0.05) is 13.0 Å². The average Bonchev–Trinajstić information content (AvgIpc) is 2.28. The van der Waals surface area contributed by atoms with Crippen LogP contribution in [0.2, 0.25) is 0 Å². The van der Waals surface area contributed by atoms with Gasteiger partial charge in [0.1, 0.15) is 0 Å². The van der Waals surface area contributed by atoms with Gasteiger partial charge >= 0.3 is 0 Å². The van der Waals surface area contributed by atoms with E-state index in [4.69, 9.17) is 0 Å². The second-order valence-electron chi connectivity index (χ2n) is 6.70. The normalized spacial score (nSPS) is 44.9. The molecule has 17 heavy (non-hydrogen) atoms. The lowest BCUT2D eigenvalue weighted by Crippen LogP contribution is -2.52. The van der Waals surface area contributed by atoms with E-state index >= 15 is 0 Å². The second kappa shape index (κ2) is 4.76. The lowest BCUT2D eigenvalue weighted by molar-refractivity contribution is -0.0511. The van der Waals surface area contributed by atoms with Crippen molar-refractivity contribution in [1.82, 2.24) is 5.32 Å². The van der Waals surface area contributed by atoms with Crippen molar-refractivity contribution in [2.75, 3.05) is 6.54 Å². The van der Waals surface area contributed by atoms with Crippen LogP contribution in [-0.4, -0.2) is 12.6 Å². The van der Waals surface area contributed by atoms with Gasteiger partial charge in [-0.3, -0.25) is 0 Å². The molecule has 4 rings (SSSR count). The molecule has 0 aliphatic heterocycles. The summed E-state index contributed by atoms with van der Waals surface area (Å²) in [5, 5.41) is 3.74. The van der Waals surface area contributed by atoms with Crippen LogP contribution in [0.3, 0.4) is 0 Å². The summed E-state index contributed by atoms with van der Waals surface area (Å²) in [5.41, 5.74) is 0. The number of hydrogen-bond acceptors (Lipinski definition) is 1. The largest absolute Gasteiger partial charge is 0.314 e. The zero-order valence-corrected chi connectivity index (χ0v) is 11.2. The van der Waals surface area contributed by atoms with Crippen molar-refractivity contribution in [2.45, 2.75) is 51.5 Å². The summed E-state index contributed by atoms with van der Waals surface area (Å²) in [6, 6.07) is 0.715. The predicted octanol–water partition coefficient (Wildman–Crippen LogP) is 3.61. The van der Waals surface area contributed by atoms with E-state index in [0.29, 0.717) is 6.04 Å². The van der Waals surface area contributed by atoms with E-state index in [9.17, 15) is 0 Å². The van der Waals surface area contributed by atoms with Crippen LogP contribution in [-0.2, 0) is 0 Å². The Morgan fingerprint density at radius 1 is 1.12 bits per heavy atom. The van der Waals surface area contributed by atoms with Crippen LogP contribution < -0.4 is 5.32 Å². The zero-order chi connectivity index (χ0) is 11.8. The highest BCUT2D eigenvalue weighted by molar-refractivity contribution is 5.02. The van der Waals surface area contributed by atoms with Crippen molar-refractivity contribution in [2.24, 2.45) is 29.6 Å². The summed E-state index contributed by atoms with van der Waals surface area (Å²) < 4.78 is 0. The minimum atomic E-state index is 0.715. The highest BCUT2D eigenvalue weighted by Gasteiger charge is 2.49. The van der Waals surface area contributed by atoms with Gasteiger partial charge in [0, 0.05) is 6.04 Å². The van der Waals surface area contributed by atoms with Crippen LogP contribution in [0, 0.1) is 29.6 Å². The summed E-state index contributed by atoms with van der Waals surface area (Å²) in [7, 11) is 0. The fraction of sp³-hybridized carbons (Fsp3) is 0.875. The van der Waals surface area contributed by atoms with Gasteiger partial charge in [-0.2, -0.15) is 0 Å². The Bertz CT molecular complexity index is 255. The van der Waals surface area contributed by atoms with Gasteiger partial charge in [0.2, 0.25) is 0 Å². The van der Waals surface area contributed by atoms with Crippen molar-refractivity contribution in [3.05, 3.63) is 12.7 Å². The standard InChI is InChI=1S/C16H27N/c1-3-5-15(17-4-2)16-13-7-11-6-12(9-13)10-14(16)8-11/h3,11-17H,1,4-10H2,2H3. The second-order valence-corrected chi connectivity index (χ2v) is 6.70. The minimum absolute atomic E-state index is 0.715. The molecule has 0 aromatic heterocycles. The Hall–Kier alpha value is -0.300. The fourth-order valence-corrected chi connectivity index (χ4v) is 5.44. The van der Waals surface area contributed by atoms with E-state index < -0.39 is 0 Å². The molecule has 1 heteroatoms. The first kappa shape index (κ1) is 11.8. The zero-order valence-electron chi connectivity index (χ0n) is 11.2. The van der Waals surface area contributed by atoms with Crippen LogP contribution in [0.4, 0.5) is 0 Å². The predicted molar refractivity (Wildman–Crippen MR) is 72.8 cm³/mol. The van der Waals surface area contributed by atoms with Gasteiger partial charge < -0.3 is 5.32 Å². The summed E-state index contributed by atoms with van der Waals surface area (Å²) in [5.74, 6) is 5.23. The molecule has 0 amide bonds. The van der Waals surface area contributed by atoms with Gasteiger partial charge in [0.25, 0.3) is 0 Å². The Labute approximate surface area is 106 Å². The lowest BCUT2D eigenvalue weighted by atomic mass is 9.50. The van der Waals surface area contributed by atoms with Gasteiger partial charge in [-0.05, 0) is 74.7 Å². The Balaban J connectivity index is 1.75. The summed E-state index contributed by atoms with van der Waals surface area (Å²) in [6.07, 6.45) is 11.0. The third-order valence-electron chi connectivity index (χ3n) is 5.65. The molecule has 4 aliphatic rings. The molecule has 4 saturated carbocycles. The maximum absolute atomic E-state index is 3.96. The van der Waals surface area contributed by atoms with E-state index in [0.717, 1.165) is 36.1 Å². The van der Waals surface area contributed by atoms with E-state index in [1.165, 1.54) is 32.1 Å². The number of nitrogens with one attached hydrogen (secondary N) is 1. The molecular formula is C16H27N. The minimum Gasteiger partial charge on any atom is -0.314 e. The van der Waals surface area contributed by atoms with Crippen LogP contribution in [0.1, 0.15) is 45.4 Å². The van der Waals surface area contributed by atoms with Crippen molar-refractivity contribution < 1.29 is 0 Å². The third-order valence-corrected chi connectivity index (χ3v) is 5.65. The van der Waals surface area contributed by atoms with E-state index in [1.807, 2.05) is 0 Å². The highest BCUT2D eigenvalue weighted by atomic mass is 14.9. The van der Waals surface area contributed by atoms with Crippen molar-refractivity contribution in [3.8, 4) is 0 Å². The van der Waals surface area contributed by atoms with Gasteiger partial charge in [0.05, 0.1) is 0 Å². The van der Waals surface area contributed by atoms with E-state index in [-0.39, 0.29) is 0 Å². The molecular weight excluding hydrogens is 206 g/mol. The highest BCUT2D eigenvalue weighted by Crippen LogP contribution is 2.57. The third kappa shape index (κ3) is 2.07. The Morgan fingerprint density at radius 3 is 2.18 bits per heavy atom. The Kier molecular flexibility index (Phi) is 3.30. The Morgan fingerprint density at radius 2 is 1.71 bits per heavy atom. The molecule has 0 spiro atoms. The molecule has 0 aromatic carbocycles. The molecule has 4 fully saturated rings. The van der Waals surface area contributed by atoms with Crippen LogP contribution in [0.5, 0.6) is 0 Å². The fourth-order valence-electron chi connectivity index (χ4n) is 5.44.